The molecular weight excluding hydrogens is 505 g/mol. The maximum Gasteiger partial charge on any atom is 0.241 e. The number of hydrogen-bond acceptors (Lipinski definition) is 3. The molecule has 0 aromatic heterocycles. The van der Waals surface area contributed by atoms with Crippen LogP contribution in [-0.2, 0) is 16.1 Å². The number of hydrogen-bond donors (Lipinski definition) is 2. The summed E-state index contributed by atoms with van der Waals surface area (Å²) in [6.07, 6.45) is 3.54. The Kier molecular flexibility index (Phi) is 12.5. The molecule has 0 unspecified atom stereocenters. The van der Waals surface area contributed by atoms with E-state index in [2.05, 4.69) is 29.5 Å². The Balaban J connectivity index is 0.00000480. The average Bonchev–Trinajstić information content (AvgIpc) is 2.77. The van der Waals surface area contributed by atoms with E-state index >= 15 is 0 Å². The van der Waals surface area contributed by atoms with Gasteiger partial charge in [0.1, 0.15) is 0 Å². The average molecular weight is 543 g/mol. The van der Waals surface area contributed by atoms with E-state index in [4.69, 9.17) is 0 Å². The van der Waals surface area contributed by atoms with Crippen LogP contribution in [0.15, 0.2) is 35.3 Å². The molecule has 1 aromatic rings. The van der Waals surface area contributed by atoms with Gasteiger partial charge in [-0.15, -0.1) is 24.0 Å². The van der Waals surface area contributed by atoms with Crippen molar-refractivity contribution in [3.8, 4) is 0 Å². The number of nitrogens with zero attached hydrogens (tertiary/aromatic N) is 3. The molecule has 1 heterocycles. The zero-order valence-electron chi connectivity index (χ0n) is 19.3. The minimum atomic E-state index is -0.00481. The van der Waals surface area contributed by atoms with Crippen LogP contribution in [0.2, 0.25) is 0 Å². The van der Waals surface area contributed by atoms with Crippen LogP contribution in [0, 0.1) is 5.92 Å². The third-order valence-corrected chi connectivity index (χ3v) is 5.65. The second kappa shape index (κ2) is 14.3. The molecule has 1 fully saturated rings. The van der Waals surface area contributed by atoms with E-state index in [1.165, 1.54) is 0 Å². The molecule has 0 atom stereocenters. The third-order valence-electron chi connectivity index (χ3n) is 5.65. The highest BCUT2D eigenvalue weighted by Gasteiger charge is 2.27. The molecule has 7 nitrogen and oxygen atoms in total. The van der Waals surface area contributed by atoms with Crippen LogP contribution in [0.3, 0.4) is 0 Å². The molecule has 31 heavy (non-hydrogen) atoms. The van der Waals surface area contributed by atoms with Gasteiger partial charge in [0.05, 0.1) is 13.1 Å². The van der Waals surface area contributed by atoms with Crippen LogP contribution in [-0.4, -0.2) is 67.3 Å². The summed E-state index contributed by atoms with van der Waals surface area (Å²) >= 11 is 0. The minimum Gasteiger partial charge on any atom is -0.354 e. The van der Waals surface area contributed by atoms with Crippen molar-refractivity contribution in [1.82, 2.24) is 20.4 Å². The second-order valence-electron chi connectivity index (χ2n) is 8.05. The van der Waals surface area contributed by atoms with Crippen molar-refractivity contribution in [1.29, 1.82) is 0 Å². The summed E-state index contributed by atoms with van der Waals surface area (Å²) < 4.78 is 0. The van der Waals surface area contributed by atoms with Crippen molar-refractivity contribution in [2.75, 3.05) is 33.7 Å². The maximum absolute atomic E-state index is 12.6. The highest BCUT2D eigenvalue weighted by molar-refractivity contribution is 14.0. The van der Waals surface area contributed by atoms with E-state index in [0.29, 0.717) is 12.5 Å². The van der Waals surface area contributed by atoms with Crippen molar-refractivity contribution in [2.24, 2.45) is 10.9 Å². The van der Waals surface area contributed by atoms with Crippen LogP contribution in [0.25, 0.3) is 0 Å². The summed E-state index contributed by atoms with van der Waals surface area (Å²) in [5.74, 6) is 1.05. The molecule has 2 N–H and O–H groups in total. The molecule has 2 rings (SSSR count). The number of likely N-dealkylation sites (N-methyl/N-ethyl adjacent to an activating group) is 1. The molecule has 1 saturated heterocycles. The van der Waals surface area contributed by atoms with E-state index in [-0.39, 0.29) is 54.3 Å². The Morgan fingerprint density at radius 1 is 1.13 bits per heavy atom. The molecule has 0 spiro atoms. The number of benzene rings is 1. The molecular formula is C23H38IN5O2. The summed E-state index contributed by atoms with van der Waals surface area (Å²) in [6.45, 7) is 6.41. The normalized spacial score (nSPS) is 14.7. The van der Waals surface area contributed by atoms with Crippen LogP contribution in [0.1, 0.15) is 45.1 Å². The molecule has 8 heteroatoms. The number of rotatable bonds is 8. The standard InChI is InChI=1S/C23H37N5O2.HI/c1-5-19(6-2)22(30)28-14-12-20(13-15-28)26-23(25-17-21(29)27(3)4)24-16-18-10-8-7-9-11-18;/h7-11,19-20H,5-6,12-17H2,1-4H3,(H2,24,25,26);1H. The topological polar surface area (TPSA) is 77.0 Å². The molecule has 1 aliphatic heterocycles. The molecule has 0 saturated carbocycles. The van der Waals surface area contributed by atoms with E-state index in [0.717, 1.165) is 44.3 Å². The number of guanidine groups is 1. The number of piperidine rings is 1. The number of carbonyl (C=O) groups is 2. The van der Waals surface area contributed by atoms with Gasteiger partial charge in [-0.25, -0.2) is 4.99 Å². The first-order valence-electron chi connectivity index (χ1n) is 11.0. The summed E-state index contributed by atoms with van der Waals surface area (Å²) in [5.41, 5.74) is 1.11. The van der Waals surface area contributed by atoms with Crippen molar-refractivity contribution >= 4 is 41.8 Å². The first kappa shape index (κ1) is 27.2. The largest absolute Gasteiger partial charge is 0.354 e. The van der Waals surface area contributed by atoms with E-state index in [9.17, 15) is 9.59 Å². The second-order valence-corrected chi connectivity index (χ2v) is 8.05. The van der Waals surface area contributed by atoms with Crippen LogP contribution < -0.4 is 10.6 Å². The number of likely N-dealkylation sites (tertiary alicyclic amines) is 1. The third kappa shape index (κ3) is 9.04. The van der Waals surface area contributed by atoms with Gasteiger partial charge in [0.2, 0.25) is 11.8 Å². The zero-order chi connectivity index (χ0) is 21.9. The minimum absolute atomic E-state index is 0. The monoisotopic (exact) mass is 543 g/mol. The van der Waals surface area contributed by atoms with Gasteiger partial charge in [0.15, 0.2) is 5.96 Å². The molecule has 0 bridgehead atoms. The predicted octanol–water partition coefficient (Wildman–Crippen LogP) is 2.86. The lowest BCUT2D eigenvalue weighted by molar-refractivity contribution is -0.136. The van der Waals surface area contributed by atoms with Gasteiger partial charge in [-0.3, -0.25) is 9.59 Å². The Morgan fingerprint density at radius 3 is 2.29 bits per heavy atom. The molecule has 174 valence electrons. The van der Waals surface area contributed by atoms with Gasteiger partial charge in [0.25, 0.3) is 0 Å². The number of carbonyl (C=O) groups excluding carboxylic acids is 2. The first-order valence-corrected chi connectivity index (χ1v) is 11.0. The quantitative estimate of drug-likeness (QED) is 0.301. The summed E-state index contributed by atoms with van der Waals surface area (Å²) in [6, 6.07) is 10.3. The zero-order valence-corrected chi connectivity index (χ0v) is 21.6. The van der Waals surface area contributed by atoms with Gasteiger partial charge in [0, 0.05) is 39.1 Å². The number of amides is 2. The Bertz CT molecular complexity index is 699. The molecule has 1 aliphatic rings. The van der Waals surface area contributed by atoms with Crippen molar-refractivity contribution in [3.05, 3.63) is 35.9 Å². The summed E-state index contributed by atoms with van der Waals surface area (Å²) in [5, 5.41) is 6.62. The van der Waals surface area contributed by atoms with Gasteiger partial charge in [-0.1, -0.05) is 44.2 Å². The fourth-order valence-corrected chi connectivity index (χ4v) is 3.56. The number of halogens is 1. The fraction of sp³-hybridized carbons (Fsp3) is 0.609. The molecule has 0 radical (unpaired) electrons. The smallest absolute Gasteiger partial charge is 0.241 e. The van der Waals surface area contributed by atoms with Crippen LogP contribution >= 0.6 is 24.0 Å². The lowest BCUT2D eigenvalue weighted by Crippen LogP contribution is -2.51. The van der Waals surface area contributed by atoms with Crippen molar-refractivity contribution in [3.63, 3.8) is 0 Å². The maximum atomic E-state index is 12.6. The van der Waals surface area contributed by atoms with Crippen LogP contribution in [0.5, 0.6) is 0 Å². The van der Waals surface area contributed by atoms with E-state index in [1.807, 2.05) is 35.2 Å². The lowest BCUT2D eigenvalue weighted by atomic mass is 9.98. The predicted molar refractivity (Wildman–Crippen MR) is 137 cm³/mol. The number of aliphatic imine (C=N–C) groups is 1. The van der Waals surface area contributed by atoms with Gasteiger partial charge >= 0.3 is 0 Å². The number of nitrogens with one attached hydrogen (secondary N) is 2. The van der Waals surface area contributed by atoms with Crippen molar-refractivity contribution < 1.29 is 9.59 Å². The van der Waals surface area contributed by atoms with E-state index < -0.39 is 0 Å². The summed E-state index contributed by atoms with van der Waals surface area (Å²) in [4.78, 5) is 32.8. The van der Waals surface area contributed by atoms with Crippen molar-refractivity contribution in [2.45, 2.75) is 52.1 Å². The summed E-state index contributed by atoms with van der Waals surface area (Å²) in [7, 11) is 3.48. The lowest BCUT2D eigenvalue weighted by Gasteiger charge is -2.35. The fourth-order valence-electron chi connectivity index (χ4n) is 3.56. The SMILES string of the molecule is CCC(CC)C(=O)N1CCC(NC(=NCc2ccccc2)NCC(=O)N(C)C)CC1.I. The van der Waals surface area contributed by atoms with Gasteiger partial charge in [-0.2, -0.15) is 0 Å². The first-order chi connectivity index (χ1) is 14.4. The van der Waals surface area contributed by atoms with Crippen LogP contribution in [0.4, 0.5) is 0 Å². The Hall–Kier alpha value is -1.84. The van der Waals surface area contributed by atoms with Gasteiger partial charge < -0.3 is 20.4 Å². The molecule has 2 amide bonds. The Labute approximate surface area is 204 Å². The van der Waals surface area contributed by atoms with Gasteiger partial charge in [-0.05, 0) is 31.2 Å². The highest BCUT2D eigenvalue weighted by Crippen LogP contribution is 2.17. The molecule has 1 aromatic carbocycles. The highest BCUT2D eigenvalue weighted by atomic mass is 127. The molecule has 0 aliphatic carbocycles. The van der Waals surface area contributed by atoms with E-state index in [1.54, 1.807) is 19.0 Å². The Morgan fingerprint density at radius 2 is 1.74 bits per heavy atom.